The molecule has 0 unspecified atom stereocenters. The van der Waals surface area contributed by atoms with Gasteiger partial charge in [-0.15, -0.1) is 0 Å². The van der Waals surface area contributed by atoms with E-state index in [0.717, 1.165) is 0 Å². The number of aromatic nitrogens is 2. The van der Waals surface area contributed by atoms with Gasteiger partial charge in [0.1, 0.15) is 5.82 Å². The number of benzene rings is 1. The fraction of sp³-hybridized carbons (Fsp3) is 0.0769. The summed E-state index contributed by atoms with van der Waals surface area (Å²) in [6.07, 6.45) is 1.62. The number of carbonyl (C=O) groups is 2. The van der Waals surface area contributed by atoms with Crippen LogP contribution in [-0.4, -0.2) is 28.8 Å². The predicted molar refractivity (Wildman–Crippen MR) is 73.1 cm³/mol. The first kappa shape index (κ1) is 12.1. The third-order valence-electron chi connectivity index (χ3n) is 2.89. The molecule has 2 aromatic rings. The minimum Gasteiger partial charge on any atom is -0.357 e. The Morgan fingerprint density at radius 3 is 2.70 bits per heavy atom. The van der Waals surface area contributed by atoms with Gasteiger partial charge >= 0.3 is 0 Å². The Morgan fingerprint density at radius 1 is 1.10 bits per heavy atom. The molecule has 0 saturated heterocycles. The van der Waals surface area contributed by atoms with Gasteiger partial charge in [0.05, 0.1) is 11.1 Å². The van der Waals surface area contributed by atoms with Gasteiger partial charge in [-0.3, -0.25) is 14.9 Å². The number of fused-ring (bicyclic) bond motifs is 1. The Morgan fingerprint density at radius 2 is 1.90 bits per heavy atom. The van der Waals surface area contributed by atoms with Crippen molar-refractivity contribution in [3.8, 4) is 0 Å². The van der Waals surface area contributed by atoms with E-state index in [9.17, 15) is 9.59 Å². The predicted octanol–water partition coefficient (Wildman–Crippen LogP) is 1.15. The number of amides is 2. The van der Waals surface area contributed by atoms with E-state index in [1.54, 1.807) is 37.5 Å². The van der Waals surface area contributed by atoms with Crippen molar-refractivity contribution >= 4 is 29.3 Å². The maximum Gasteiger partial charge on any atom is 0.259 e. The molecule has 3 N–H and O–H groups in total. The van der Waals surface area contributed by atoms with Crippen molar-refractivity contribution in [1.82, 2.24) is 15.3 Å². The Balaban J connectivity index is 1.90. The van der Waals surface area contributed by atoms with Crippen LogP contribution in [0.15, 0.2) is 30.5 Å². The lowest BCUT2D eigenvalue weighted by Crippen LogP contribution is -2.19. The number of carbonyl (C=O) groups excluding carboxylic acids is 2. The summed E-state index contributed by atoms with van der Waals surface area (Å²) in [5.74, 6) is 0.335. The summed E-state index contributed by atoms with van der Waals surface area (Å²) in [5.41, 5.74) is 1.43. The van der Waals surface area contributed by atoms with E-state index in [1.165, 1.54) is 0 Å². The summed E-state index contributed by atoms with van der Waals surface area (Å²) in [6.45, 7) is 0. The van der Waals surface area contributed by atoms with Crippen molar-refractivity contribution in [2.45, 2.75) is 0 Å². The number of hydrogen-bond donors (Lipinski definition) is 3. The Bertz CT molecular complexity index is 714. The molecule has 0 spiro atoms. The number of rotatable bonds is 3. The van der Waals surface area contributed by atoms with Gasteiger partial charge in [-0.2, -0.15) is 4.98 Å². The van der Waals surface area contributed by atoms with Gasteiger partial charge in [0.25, 0.3) is 11.8 Å². The smallest absolute Gasteiger partial charge is 0.259 e. The third kappa shape index (κ3) is 2.05. The lowest BCUT2D eigenvalue weighted by molar-refractivity contribution is 0.0879. The highest BCUT2D eigenvalue weighted by molar-refractivity contribution is 6.21. The highest BCUT2D eigenvalue weighted by Crippen LogP contribution is 2.22. The zero-order valence-electron chi connectivity index (χ0n) is 10.6. The maximum absolute atomic E-state index is 11.6. The SMILES string of the molecule is CNc1nccc(Nc2ccc3c(c2)C(=O)NC3=O)n1. The summed E-state index contributed by atoms with van der Waals surface area (Å²) in [4.78, 5) is 31.3. The number of anilines is 3. The number of nitrogens with zero attached hydrogens (tertiary/aromatic N) is 2. The van der Waals surface area contributed by atoms with Crippen molar-refractivity contribution in [2.24, 2.45) is 0 Å². The molecule has 1 aliphatic heterocycles. The van der Waals surface area contributed by atoms with Crippen LogP contribution in [0.5, 0.6) is 0 Å². The fourth-order valence-electron chi connectivity index (χ4n) is 1.94. The van der Waals surface area contributed by atoms with Gasteiger partial charge < -0.3 is 10.6 Å². The van der Waals surface area contributed by atoms with Gasteiger partial charge in [-0.1, -0.05) is 0 Å². The van der Waals surface area contributed by atoms with E-state index in [2.05, 4.69) is 25.9 Å². The average Bonchev–Trinajstić information content (AvgIpc) is 2.74. The zero-order valence-corrected chi connectivity index (χ0v) is 10.6. The highest BCUT2D eigenvalue weighted by atomic mass is 16.2. The fourth-order valence-corrected chi connectivity index (χ4v) is 1.94. The van der Waals surface area contributed by atoms with Gasteiger partial charge in [0.2, 0.25) is 5.95 Å². The van der Waals surface area contributed by atoms with Crippen LogP contribution in [0.1, 0.15) is 20.7 Å². The van der Waals surface area contributed by atoms with E-state index in [1.807, 2.05) is 0 Å². The molecule has 0 atom stereocenters. The number of imide groups is 1. The second-order valence-corrected chi connectivity index (χ2v) is 4.18. The summed E-state index contributed by atoms with van der Waals surface area (Å²) < 4.78 is 0. The Labute approximate surface area is 114 Å². The van der Waals surface area contributed by atoms with E-state index in [-0.39, 0.29) is 11.8 Å². The topological polar surface area (TPSA) is 96.0 Å². The van der Waals surface area contributed by atoms with Crippen LogP contribution in [-0.2, 0) is 0 Å². The normalized spacial score (nSPS) is 12.8. The molecule has 1 aliphatic rings. The molecule has 3 rings (SSSR count). The standard InChI is InChI=1S/C13H11N5O2/c1-14-13-15-5-4-10(17-13)16-7-2-3-8-9(6-7)12(20)18-11(8)19/h2-6H,1H3,(H,18,19,20)(H2,14,15,16,17). The summed E-state index contributed by atoms with van der Waals surface area (Å²) in [5, 5.41) is 8.15. The van der Waals surface area contributed by atoms with Crippen molar-refractivity contribution in [3.05, 3.63) is 41.6 Å². The van der Waals surface area contributed by atoms with E-state index in [4.69, 9.17) is 0 Å². The molecule has 2 heterocycles. The van der Waals surface area contributed by atoms with Crippen LogP contribution in [0, 0.1) is 0 Å². The van der Waals surface area contributed by atoms with E-state index < -0.39 is 0 Å². The first-order valence-corrected chi connectivity index (χ1v) is 5.95. The van der Waals surface area contributed by atoms with Crippen molar-refractivity contribution in [2.75, 3.05) is 17.7 Å². The lowest BCUT2D eigenvalue weighted by atomic mass is 10.1. The first-order chi connectivity index (χ1) is 9.67. The van der Waals surface area contributed by atoms with Crippen LogP contribution in [0.25, 0.3) is 0 Å². The molecule has 1 aromatic heterocycles. The molecule has 0 fully saturated rings. The minimum atomic E-state index is -0.382. The second kappa shape index (κ2) is 4.61. The van der Waals surface area contributed by atoms with Crippen molar-refractivity contribution < 1.29 is 9.59 Å². The van der Waals surface area contributed by atoms with Crippen LogP contribution in [0.4, 0.5) is 17.5 Å². The molecular weight excluding hydrogens is 258 g/mol. The van der Waals surface area contributed by atoms with E-state index >= 15 is 0 Å². The zero-order chi connectivity index (χ0) is 14.1. The highest BCUT2D eigenvalue weighted by Gasteiger charge is 2.26. The lowest BCUT2D eigenvalue weighted by Gasteiger charge is -2.07. The molecule has 1 aromatic carbocycles. The molecule has 0 bridgehead atoms. The maximum atomic E-state index is 11.6. The monoisotopic (exact) mass is 269 g/mol. The molecule has 0 aliphatic carbocycles. The third-order valence-corrected chi connectivity index (χ3v) is 2.89. The molecule has 0 radical (unpaired) electrons. The van der Waals surface area contributed by atoms with Crippen molar-refractivity contribution in [1.29, 1.82) is 0 Å². The molecule has 7 nitrogen and oxygen atoms in total. The average molecular weight is 269 g/mol. The van der Waals surface area contributed by atoms with Gasteiger partial charge in [0.15, 0.2) is 0 Å². The quantitative estimate of drug-likeness (QED) is 0.723. The number of nitrogens with one attached hydrogen (secondary N) is 3. The summed E-state index contributed by atoms with van der Waals surface area (Å²) >= 11 is 0. The Hall–Kier alpha value is -2.96. The molecule has 7 heteroatoms. The van der Waals surface area contributed by atoms with Crippen LogP contribution in [0.3, 0.4) is 0 Å². The number of hydrogen-bond acceptors (Lipinski definition) is 6. The summed E-state index contributed by atoms with van der Waals surface area (Å²) in [7, 11) is 1.73. The van der Waals surface area contributed by atoms with Crippen LogP contribution >= 0.6 is 0 Å². The largest absolute Gasteiger partial charge is 0.357 e. The van der Waals surface area contributed by atoms with Crippen LogP contribution < -0.4 is 16.0 Å². The summed E-state index contributed by atoms with van der Waals surface area (Å²) in [6, 6.07) is 6.66. The van der Waals surface area contributed by atoms with Crippen LogP contribution in [0.2, 0.25) is 0 Å². The molecule has 0 saturated carbocycles. The van der Waals surface area contributed by atoms with E-state index in [0.29, 0.717) is 28.6 Å². The van der Waals surface area contributed by atoms with Gasteiger partial charge in [0, 0.05) is 18.9 Å². The Kier molecular flexibility index (Phi) is 2.79. The minimum absolute atomic E-state index is 0.364. The van der Waals surface area contributed by atoms with Gasteiger partial charge in [-0.05, 0) is 24.3 Å². The van der Waals surface area contributed by atoms with Crippen molar-refractivity contribution in [3.63, 3.8) is 0 Å². The first-order valence-electron chi connectivity index (χ1n) is 5.95. The second-order valence-electron chi connectivity index (χ2n) is 4.18. The molecule has 100 valence electrons. The molecule has 2 amide bonds. The molecule has 20 heavy (non-hydrogen) atoms. The van der Waals surface area contributed by atoms with Gasteiger partial charge in [-0.25, -0.2) is 4.98 Å². The molecular formula is C13H11N5O2.